The molecule has 0 unspecified atom stereocenters. The lowest BCUT2D eigenvalue weighted by molar-refractivity contribution is -0.114. The maximum atomic E-state index is 11.0. The zero-order valence-corrected chi connectivity index (χ0v) is 14.7. The van der Waals surface area contributed by atoms with Crippen LogP contribution in [0.1, 0.15) is 12.8 Å². The minimum atomic E-state index is -0.0858. The van der Waals surface area contributed by atoms with E-state index in [-0.39, 0.29) is 5.91 Å². The summed E-state index contributed by atoms with van der Waals surface area (Å²) in [5.74, 6) is 2.38. The van der Waals surface area contributed by atoms with Gasteiger partial charge in [-0.1, -0.05) is 5.16 Å². The van der Waals surface area contributed by atoms with Crippen molar-refractivity contribution in [2.45, 2.75) is 17.6 Å². The minimum absolute atomic E-state index is 0.0858. The summed E-state index contributed by atoms with van der Waals surface area (Å²) in [6.45, 7) is 1.48. The van der Waals surface area contributed by atoms with Crippen LogP contribution in [0.4, 0.5) is 5.69 Å². The van der Waals surface area contributed by atoms with Gasteiger partial charge in [-0.2, -0.15) is 4.98 Å². The number of hydrogen-bond donors (Lipinski definition) is 1. The molecule has 1 N–H and O–H groups in total. The van der Waals surface area contributed by atoms with Crippen LogP contribution in [0.25, 0.3) is 11.4 Å². The predicted octanol–water partition coefficient (Wildman–Crippen LogP) is 4.00. The smallest absolute Gasteiger partial charge is 0.237 e. The molecule has 3 aromatic rings. The molecule has 0 bridgehead atoms. The number of ether oxygens (including phenoxy) is 1. The van der Waals surface area contributed by atoms with E-state index in [1.54, 1.807) is 18.9 Å². The molecule has 0 fully saturated rings. The number of anilines is 1. The highest BCUT2D eigenvalue weighted by Gasteiger charge is 2.09. The van der Waals surface area contributed by atoms with E-state index in [2.05, 4.69) is 15.5 Å². The van der Waals surface area contributed by atoms with Gasteiger partial charge < -0.3 is 14.6 Å². The number of carbonyl (C=O) groups is 1. The van der Waals surface area contributed by atoms with E-state index in [0.717, 1.165) is 21.9 Å². The fraction of sp³-hybridized carbons (Fsp3) is 0.167. The summed E-state index contributed by atoms with van der Waals surface area (Å²) in [5.41, 5.74) is 1.65. The minimum Gasteiger partial charge on any atom is -0.497 e. The lowest BCUT2D eigenvalue weighted by Gasteiger charge is -2.03. The number of aromatic nitrogens is 2. The number of benzene rings is 2. The quantitative estimate of drug-likeness (QED) is 0.674. The zero-order valence-electron chi connectivity index (χ0n) is 13.9. The van der Waals surface area contributed by atoms with Gasteiger partial charge in [-0.15, -0.1) is 11.8 Å². The summed E-state index contributed by atoms with van der Waals surface area (Å²) in [6, 6.07) is 15.1. The Labute approximate surface area is 149 Å². The molecule has 0 spiro atoms. The van der Waals surface area contributed by atoms with Crippen LogP contribution in [0.2, 0.25) is 0 Å². The average Bonchev–Trinajstić information content (AvgIpc) is 3.10. The van der Waals surface area contributed by atoms with E-state index in [0.29, 0.717) is 17.5 Å². The molecule has 3 rings (SSSR count). The third-order valence-electron chi connectivity index (χ3n) is 3.35. The summed E-state index contributed by atoms with van der Waals surface area (Å²) >= 11 is 1.59. The zero-order chi connectivity index (χ0) is 17.6. The van der Waals surface area contributed by atoms with Crippen LogP contribution in [0.5, 0.6) is 5.75 Å². The van der Waals surface area contributed by atoms with Gasteiger partial charge in [0.05, 0.1) is 12.9 Å². The van der Waals surface area contributed by atoms with Crippen molar-refractivity contribution in [3.63, 3.8) is 0 Å². The summed E-state index contributed by atoms with van der Waals surface area (Å²) in [4.78, 5) is 16.5. The van der Waals surface area contributed by atoms with Crippen LogP contribution >= 0.6 is 11.8 Å². The second kappa shape index (κ2) is 7.85. The van der Waals surface area contributed by atoms with Crippen LogP contribution in [-0.2, 0) is 10.5 Å². The average molecular weight is 355 g/mol. The van der Waals surface area contributed by atoms with Crippen molar-refractivity contribution in [1.29, 1.82) is 0 Å². The van der Waals surface area contributed by atoms with Crippen molar-refractivity contribution in [1.82, 2.24) is 10.1 Å². The summed E-state index contributed by atoms with van der Waals surface area (Å²) in [6.07, 6.45) is 0. The number of methoxy groups -OCH3 is 1. The van der Waals surface area contributed by atoms with Crippen molar-refractivity contribution in [3.05, 3.63) is 54.4 Å². The first-order valence-corrected chi connectivity index (χ1v) is 8.60. The van der Waals surface area contributed by atoms with Crippen LogP contribution in [0.15, 0.2) is 57.9 Å². The molecular formula is C18H17N3O3S. The number of nitrogens with zero attached hydrogens (tertiary/aromatic N) is 2. The molecular weight excluding hydrogens is 338 g/mol. The first-order chi connectivity index (χ1) is 12.1. The van der Waals surface area contributed by atoms with E-state index in [1.807, 2.05) is 48.5 Å². The Morgan fingerprint density at radius 3 is 2.52 bits per heavy atom. The Kier molecular flexibility index (Phi) is 5.35. The molecule has 0 aliphatic heterocycles. The Balaban J connectivity index is 1.60. The summed E-state index contributed by atoms with van der Waals surface area (Å²) < 4.78 is 10.4. The third kappa shape index (κ3) is 4.60. The van der Waals surface area contributed by atoms with E-state index in [4.69, 9.17) is 9.26 Å². The van der Waals surface area contributed by atoms with Gasteiger partial charge >= 0.3 is 0 Å². The monoisotopic (exact) mass is 355 g/mol. The highest BCUT2D eigenvalue weighted by Crippen LogP contribution is 2.25. The molecule has 0 aliphatic carbocycles. The molecule has 1 aromatic heterocycles. The predicted molar refractivity (Wildman–Crippen MR) is 96.6 cm³/mol. The van der Waals surface area contributed by atoms with E-state index in [1.165, 1.54) is 6.92 Å². The molecule has 0 atom stereocenters. The fourth-order valence-corrected chi connectivity index (χ4v) is 2.89. The second-order valence-corrected chi connectivity index (χ2v) is 6.28. The van der Waals surface area contributed by atoms with Gasteiger partial charge in [0.15, 0.2) is 0 Å². The second-order valence-electron chi connectivity index (χ2n) is 5.23. The van der Waals surface area contributed by atoms with Gasteiger partial charge in [-0.3, -0.25) is 4.79 Å². The van der Waals surface area contributed by atoms with Gasteiger partial charge in [0.2, 0.25) is 17.6 Å². The summed E-state index contributed by atoms with van der Waals surface area (Å²) in [7, 11) is 1.63. The molecule has 1 amide bonds. The number of amides is 1. The fourth-order valence-electron chi connectivity index (χ4n) is 2.15. The number of nitrogens with one attached hydrogen (secondary N) is 1. The Bertz CT molecular complexity index is 845. The maximum absolute atomic E-state index is 11.0. The SMILES string of the molecule is COc1ccc(-c2noc(CSc3ccc(NC(C)=O)cc3)n2)cc1. The molecule has 0 saturated heterocycles. The molecule has 2 aromatic carbocycles. The molecule has 1 heterocycles. The van der Waals surface area contributed by atoms with Crippen molar-refractivity contribution >= 4 is 23.4 Å². The molecule has 25 heavy (non-hydrogen) atoms. The van der Waals surface area contributed by atoms with E-state index < -0.39 is 0 Å². The number of thioether (sulfide) groups is 1. The standard InChI is InChI=1S/C18H17N3O3S/c1-12(22)19-14-5-9-16(10-6-14)25-11-17-20-18(21-24-17)13-3-7-15(23-2)8-4-13/h3-10H,11H2,1-2H3,(H,19,22). The van der Waals surface area contributed by atoms with E-state index in [9.17, 15) is 4.79 Å². The van der Waals surface area contributed by atoms with Crippen LogP contribution < -0.4 is 10.1 Å². The molecule has 0 saturated carbocycles. The summed E-state index contributed by atoms with van der Waals surface area (Å²) in [5, 5.41) is 6.75. The highest BCUT2D eigenvalue weighted by molar-refractivity contribution is 7.98. The van der Waals surface area contributed by atoms with Crippen molar-refractivity contribution in [2.24, 2.45) is 0 Å². The highest BCUT2D eigenvalue weighted by atomic mass is 32.2. The van der Waals surface area contributed by atoms with Crippen LogP contribution in [-0.4, -0.2) is 23.2 Å². The molecule has 128 valence electrons. The topological polar surface area (TPSA) is 77.3 Å². The van der Waals surface area contributed by atoms with Gasteiger partial charge in [-0.05, 0) is 48.5 Å². The lowest BCUT2D eigenvalue weighted by Crippen LogP contribution is -2.05. The van der Waals surface area contributed by atoms with Gasteiger partial charge in [-0.25, -0.2) is 0 Å². The Morgan fingerprint density at radius 1 is 1.16 bits per heavy atom. The first kappa shape index (κ1) is 17.0. The van der Waals surface area contributed by atoms with E-state index >= 15 is 0 Å². The van der Waals surface area contributed by atoms with Gasteiger partial charge in [0, 0.05) is 23.1 Å². The number of carbonyl (C=O) groups excluding carboxylic acids is 1. The van der Waals surface area contributed by atoms with Crippen LogP contribution in [0, 0.1) is 0 Å². The number of rotatable bonds is 6. The largest absolute Gasteiger partial charge is 0.497 e. The lowest BCUT2D eigenvalue weighted by atomic mass is 10.2. The van der Waals surface area contributed by atoms with Crippen molar-refractivity contribution in [3.8, 4) is 17.1 Å². The maximum Gasteiger partial charge on any atom is 0.237 e. The normalized spacial score (nSPS) is 10.5. The van der Waals surface area contributed by atoms with Crippen molar-refractivity contribution in [2.75, 3.05) is 12.4 Å². The number of hydrogen-bond acceptors (Lipinski definition) is 6. The first-order valence-electron chi connectivity index (χ1n) is 7.61. The van der Waals surface area contributed by atoms with Crippen molar-refractivity contribution < 1.29 is 14.1 Å². The molecule has 7 heteroatoms. The van der Waals surface area contributed by atoms with Crippen LogP contribution in [0.3, 0.4) is 0 Å². The molecule has 0 radical (unpaired) electrons. The molecule has 6 nitrogen and oxygen atoms in total. The molecule has 0 aliphatic rings. The Morgan fingerprint density at radius 2 is 1.88 bits per heavy atom. The third-order valence-corrected chi connectivity index (χ3v) is 4.35. The van der Waals surface area contributed by atoms with Gasteiger partial charge in [0.25, 0.3) is 0 Å². The van der Waals surface area contributed by atoms with Gasteiger partial charge in [0.1, 0.15) is 5.75 Å². The Hall–Kier alpha value is -2.80.